The van der Waals surface area contributed by atoms with Crippen LogP contribution in [0.4, 0.5) is 5.69 Å². The normalized spacial score (nSPS) is 14.1. The molecule has 172 valence electrons. The van der Waals surface area contributed by atoms with Crippen LogP contribution in [-0.4, -0.2) is 42.6 Å². The molecule has 2 aromatic carbocycles. The molecule has 0 saturated carbocycles. The number of anilines is 1. The van der Waals surface area contributed by atoms with Crippen molar-refractivity contribution in [1.29, 1.82) is 0 Å². The van der Waals surface area contributed by atoms with E-state index in [0.717, 1.165) is 16.7 Å². The van der Waals surface area contributed by atoms with Gasteiger partial charge in [0, 0.05) is 23.0 Å². The van der Waals surface area contributed by atoms with Gasteiger partial charge < -0.3 is 11.1 Å². The minimum Gasteiger partial charge on any atom is -0.364 e. The van der Waals surface area contributed by atoms with E-state index in [4.69, 9.17) is 5.73 Å². The summed E-state index contributed by atoms with van der Waals surface area (Å²) in [4.78, 5) is 24.9. The molecule has 2 aromatic heterocycles. The van der Waals surface area contributed by atoms with Crippen molar-refractivity contribution < 1.29 is 18.4 Å². The second-order valence-electron chi connectivity index (χ2n) is 8.06. The van der Waals surface area contributed by atoms with E-state index in [9.17, 15) is 18.4 Å². The van der Waals surface area contributed by atoms with E-state index in [0.29, 0.717) is 35.5 Å². The molecule has 1 atom stereocenters. The molecule has 11 heteroatoms. The Morgan fingerprint density at radius 3 is 2.59 bits per heavy atom. The Morgan fingerprint density at radius 1 is 1.18 bits per heavy atom. The molecule has 34 heavy (non-hydrogen) atoms. The zero-order chi connectivity index (χ0) is 24.0. The molecule has 5 N–H and O–H groups in total. The van der Waals surface area contributed by atoms with Crippen LogP contribution >= 0.6 is 0 Å². The van der Waals surface area contributed by atoms with Gasteiger partial charge in [0.25, 0.3) is 11.8 Å². The van der Waals surface area contributed by atoms with Gasteiger partial charge in [0.15, 0.2) is 10.6 Å². The predicted octanol–water partition coefficient (Wildman–Crippen LogP) is 2.67. The Hall–Kier alpha value is -4.09. The molecule has 2 heterocycles. The number of aryl methyl sites for hydroxylation is 1. The lowest BCUT2D eigenvalue weighted by molar-refractivity contribution is 0.0992. The molecule has 1 aliphatic rings. The number of aromatic amines is 1. The number of hydrogen-bond acceptors (Lipinski definition) is 5. The fraction of sp³-hybridized carbons (Fsp3) is 0.130. The van der Waals surface area contributed by atoms with Crippen LogP contribution in [0.1, 0.15) is 32.0 Å². The van der Waals surface area contributed by atoms with E-state index in [1.54, 1.807) is 28.9 Å². The summed E-state index contributed by atoms with van der Waals surface area (Å²) < 4.78 is 23.4. The average molecular weight is 478 g/mol. The Balaban J connectivity index is 1.62. The van der Waals surface area contributed by atoms with E-state index in [1.165, 1.54) is 18.6 Å². The fourth-order valence-electron chi connectivity index (χ4n) is 4.12. The number of benzene rings is 2. The van der Waals surface area contributed by atoms with Crippen LogP contribution in [0.3, 0.4) is 0 Å². The third kappa shape index (κ3) is 3.80. The van der Waals surface area contributed by atoms with Gasteiger partial charge in [0.1, 0.15) is 6.26 Å². The van der Waals surface area contributed by atoms with E-state index in [-0.39, 0.29) is 16.5 Å². The van der Waals surface area contributed by atoms with Crippen LogP contribution in [0.2, 0.25) is 0 Å². The highest BCUT2D eigenvalue weighted by Crippen LogP contribution is 2.38. The maximum atomic E-state index is 12.5. The van der Waals surface area contributed by atoms with Crippen LogP contribution in [0.15, 0.2) is 59.8 Å². The number of nitrogens with two attached hydrogens (primary N) is 1. The van der Waals surface area contributed by atoms with Crippen molar-refractivity contribution in [2.24, 2.45) is 5.73 Å². The lowest BCUT2D eigenvalue weighted by Crippen LogP contribution is -2.15. The highest BCUT2D eigenvalue weighted by Gasteiger charge is 2.29. The van der Waals surface area contributed by atoms with Crippen LogP contribution in [0.5, 0.6) is 0 Å². The van der Waals surface area contributed by atoms with Gasteiger partial charge >= 0.3 is 0 Å². The van der Waals surface area contributed by atoms with Crippen molar-refractivity contribution in [3.63, 3.8) is 0 Å². The minimum absolute atomic E-state index is 0.180. The molecule has 0 fully saturated rings. The summed E-state index contributed by atoms with van der Waals surface area (Å²) in [6.45, 7) is 0. The van der Waals surface area contributed by atoms with Crippen LogP contribution in [0.25, 0.3) is 16.9 Å². The first-order valence-corrected chi connectivity index (χ1v) is 12.3. The second kappa shape index (κ2) is 8.04. The number of primary amides is 1. The Morgan fingerprint density at radius 2 is 1.94 bits per heavy atom. The fourth-order valence-corrected chi connectivity index (χ4v) is 4.76. The number of aromatic nitrogens is 4. The summed E-state index contributed by atoms with van der Waals surface area (Å²) in [5.41, 5.74) is 10.7. The third-order valence-corrected chi connectivity index (χ3v) is 6.91. The van der Waals surface area contributed by atoms with Gasteiger partial charge in [-0.25, -0.2) is 4.68 Å². The number of H-pyrrole nitrogens is 1. The van der Waals surface area contributed by atoms with Gasteiger partial charge in [-0.1, -0.05) is 10.3 Å². The first-order chi connectivity index (χ1) is 16.2. The Bertz CT molecular complexity index is 1470. The van der Waals surface area contributed by atoms with E-state index in [1.807, 2.05) is 18.2 Å². The smallest absolute Gasteiger partial charge is 0.269 e. The zero-order valence-electron chi connectivity index (χ0n) is 18.1. The van der Waals surface area contributed by atoms with E-state index < -0.39 is 16.1 Å². The largest absolute Gasteiger partial charge is 0.364 e. The molecule has 1 aliphatic carbocycles. The monoisotopic (exact) mass is 477 g/mol. The Labute approximate surface area is 195 Å². The predicted molar refractivity (Wildman–Crippen MR) is 126 cm³/mol. The molecular weight excluding hydrogens is 456 g/mol. The summed E-state index contributed by atoms with van der Waals surface area (Å²) in [6.07, 6.45) is 5.46. The molecule has 5 rings (SSSR count). The average Bonchev–Trinajstić information content (AvgIpc) is 3.47. The number of fused-ring (bicyclic) bond motifs is 3. The van der Waals surface area contributed by atoms with E-state index in [2.05, 4.69) is 20.6 Å². The van der Waals surface area contributed by atoms with Gasteiger partial charge in [-0.2, -0.15) is 14.8 Å². The molecule has 2 amide bonds. The van der Waals surface area contributed by atoms with Gasteiger partial charge in [0.2, 0.25) is 10.2 Å². The summed E-state index contributed by atoms with van der Waals surface area (Å²) in [7, 11) is -3.11. The molecular formula is C23H21N6O4S+. The third-order valence-electron chi connectivity index (χ3n) is 5.76. The SMILES string of the molecule is C[S+](=O)(O)c1ccc(-n2nc(C(N)=O)c3c2-c2cc(NC(=O)c4cn[nH]c4)ccc2CC3)cc1. The molecule has 1 unspecified atom stereocenters. The van der Waals surface area contributed by atoms with Gasteiger partial charge in [-0.05, 0) is 54.8 Å². The number of hydrogen-bond donors (Lipinski definition) is 4. The van der Waals surface area contributed by atoms with Gasteiger partial charge in [0.05, 0.1) is 23.1 Å². The van der Waals surface area contributed by atoms with Crippen molar-refractivity contribution in [3.8, 4) is 16.9 Å². The van der Waals surface area contributed by atoms with Crippen LogP contribution in [0, 0.1) is 0 Å². The minimum atomic E-state index is -3.11. The van der Waals surface area contributed by atoms with Crippen molar-refractivity contribution in [2.45, 2.75) is 17.7 Å². The van der Waals surface area contributed by atoms with Crippen molar-refractivity contribution in [1.82, 2.24) is 20.0 Å². The summed E-state index contributed by atoms with van der Waals surface area (Å²) in [6, 6.07) is 12.1. The number of carbonyl (C=O) groups excluding carboxylic acids is 2. The number of amides is 2. The standard InChI is InChI=1S/C23H20N6O4S/c1-34(32,33)17-7-5-16(6-8-17)29-21-18(20(28-29)22(24)30)9-3-13-2-4-15(10-19(13)21)27-23(31)14-11-25-26-12-14/h2,4-8,10-12H,3,9H2,1H3,(H4-,24,25,26,27,30,31,32,33)/p+1. The quantitative estimate of drug-likeness (QED) is 0.324. The maximum absolute atomic E-state index is 12.5. The molecule has 10 nitrogen and oxygen atoms in total. The zero-order valence-corrected chi connectivity index (χ0v) is 18.9. The number of carbonyl (C=O) groups is 2. The van der Waals surface area contributed by atoms with Crippen molar-refractivity contribution >= 4 is 27.7 Å². The lowest BCUT2D eigenvalue weighted by atomic mass is 9.88. The number of nitrogens with zero attached hydrogens (tertiary/aromatic N) is 3. The highest BCUT2D eigenvalue weighted by molar-refractivity contribution is 7.97. The lowest BCUT2D eigenvalue weighted by Gasteiger charge is -2.20. The van der Waals surface area contributed by atoms with Crippen molar-refractivity contribution in [2.75, 3.05) is 11.6 Å². The molecule has 0 spiro atoms. The van der Waals surface area contributed by atoms with Gasteiger partial charge in [-0.15, -0.1) is 0 Å². The molecule has 0 radical (unpaired) electrons. The van der Waals surface area contributed by atoms with Gasteiger partial charge in [-0.3, -0.25) is 14.7 Å². The summed E-state index contributed by atoms with van der Waals surface area (Å²) >= 11 is 0. The highest BCUT2D eigenvalue weighted by atomic mass is 32.3. The van der Waals surface area contributed by atoms with Crippen molar-refractivity contribution in [3.05, 3.63) is 77.2 Å². The second-order valence-corrected chi connectivity index (χ2v) is 10.1. The summed E-state index contributed by atoms with van der Waals surface area (Å²) in [5, 5.41) is 13.8. The molecule has 0 bridgehead atoms. The topological polar surface area (TPSA) is 156 Å². The van der Waals surface area contributed by atoms with Crippen LogP contribution < -0.4 is 11.1 Å². The molecule has 4 aromatic rings. The van der Waals surface area contributed by atoms with E-state index >= 15 is 0 Å². The Kier molecular flexibility index (Phi) is 5.14. The van der Waals surface area contributed by atoms with Crippen LogP contribution in [-0.2, 0) is 27.3 Å². The molecule has 0 aliphatic heterocycles. The number of nitrogens with one attached hydrogen (secondary N) is 2. The first-order valence-electron chi connectivity index (χ1n) is 10.4. The maximum Gasteiger partial charge on any atom is 0.269 e. The molecule has 0 saturated heterocycles. The summed E-state index contributed by atoms with van der Waals surface area (Å²) in [5.74, 6) is -0.940. The first kappa shape index (κ1) is 21.7. The number of rotatable bonds is 5.